The molecule has 7 nitrogen and oxygen atoms in total. The fourth-order valence-corrected chi connectivity index (χ4v) is 4.48. The van der Waals surface area contributed by atoms with Crippen LogP contribution >= 0.6 is 0 Å². The molecule has 0 radical (unpaired) electrons. The van der Waals surface area contributed by atoms with E-state index in [2.05, 4.69) is 34.1 Å². The summed E-state index contributed by atoms with van der Waals surface area (Å²) < 4.78 is 12.8. The van der Waals surface area contributed by atoms with E-state index in [0.717, 1.165) is 66.6 Å². The van der Waals surface area contributed by atoms with Gasteiger partial charge in [-0.25, -0.2) is 9.50 Å². The number of pyridine rings is 2. The summed E-state index contributed by atoms with van der Waals surface area (Å²) in [5, 5.41) is 4.83. The third kappa shape index (κ3) is 3.61. The highest BCUT2D eigenvalue weighted by atomic mass is 16.7. The van der Waals surface area contributed by atoms with E-state index in [1.54, 1.807) is 6.20 Å². The maximum absolute atomic E-state index is 5.53. The van der Waals surface area contributed by atoms with Crippen molar-refractivity contribution in [1.82, 2.24) is 24.5 Å². The largest absolute Gasteiger partial charge is 0.454 e. The normalized spacial score (nSPS) is 18.5. The van der Waals surface area contributed by atoms with Gasteiger partial charge < -0.3 is 9.47 Å². The van der Waals surface area contributed by atoms with Gasteiger partial charge in [-0.2, -0.15) is 5.10 Å². The third-order valence-corrected chi connectivity index (χ3v) is 6.06. The van der Waals surface area contributed by atoms with Crippen molar-refractivity contribution < 1.29 is 9.47 Å². The predicted octanol–water partition coefficient (Wildman–Crippen LogP) is 3.90. The number of nitrogens with zero attached hydrogens (tertiary/aromatic N) is 5. The topological polar surface area (TPSA) is 64.8 Å². The Morgan fingerprint density at radius 1 is 1.03 bits per heavy atom. The van der Waals surface area contributed by atoms with Crippen LogP contribution in [-0.4, -0.2) is 44.4 Å². The number of benzene rings is 1. The summed E-state index contributed by atoms with van der Waals surface area (Å²) in [6.07, 6.45) is 7.95. The summed E-state index contributed by atoms with van der Waals surface area (Å²) >= 11 is 0. The molecule has 7 heteroatoms. The molecule has 2 aliphatic heterocycles. The van der Waals surface area contributed by atoms with Gasteiger partial charge in [0.05, 0.1) is 0 Å². The fraction of sp³-hybridized carbons (Fsp3) is 0.292. The van der Waals surface area contributed by atoms with Crippen LogP contribution in [0.5, 0.6) is 11.5 Å². The van der Waals surface area contributed by atoms with Gasteiger partial charge in [-0.1, -0.05) is 12.1 Å². The monoisotopic (exact) mass is 413 g/mol. The summed E-state index contributed by atoms with van der Waals surface area (Å²) in [7, 11) is 0. The quantitative estimate of drug-likeness (QED) is 0.506. The van der Waals surface area contributed by atoms with Crippen LogP contribution in [0, 0.1) is 0 Å². The Balaban J connectivity index is 1.20. The average molecular weight is 413 g/mol. The number of piperidine rings is 1. The van der Waals surface area contributed by atoms with Gasteiger partial charge in [-0.3, -0.25) is 9.88 Å². The number of ether oxygens (including phenoxy) is 2. The molecule has 0 saturated carbocycles. The van der Waals surface area contributed by atoms with E-state index >= 15 is 0 Å². The zero-order valence-electron chi connectivity index (χ0n) is 17.1. The Hall–Kier alpha value is -3.45. The maximum Gasteiger partial charge on any atom is 0.231 e. The van der Waals surface area contributed by atoms with Crippen LogP contribution in [0.4, 0.5) is 0 Å². The Morgan fingerprint density at radius 3 is 2.94 bits per heavy atom. The zero-order chi connectivity index (χ0) is 20.6. The lowest BCUT2D eigenvalue weighted by molar-refractivity contribution is 0.173. The first-order chi connectivity index (χ1) is 15.3. The first kappa shape index (κ1) is 18.3. The minimum absolute atomic E-state index is 0.312. The molecule has 0 N–H and O–H groups in total. The second-order valence-electron chi connectivity index (χ2n) is 8.19. The summed E-state index contributed by atoms with van der Waals surface area (Å²) in [6.45, 7) is 3.25. The predicted molar refractivity (Wildman–Crippen MR) is 116 cm³/mol. The van der Waals surface area contributed by atoms with Gasteiger partial charge in [0.25, 0.3) is 0 Å². The van der Waals surface area contributed by atoms with Crippen LogP contribution in [0.1, 0.15) is 30.1 Å². The summed E-state index contributed by atoms with van der Waals surface area (Å²) in [6, 6.07) is 14.3. The van der Waals surface area contributed by atoms with Crippen molar-refractivity contribution in [3.63, 3.8) is 0 Å². The van der Waals surface area contributed by atoms with Crippen LogP contribution in [0.2, 0.25) is 0 Å². The first-order valence-electron chi connectivity index (χ1n) is 10.7. The molecule has 1 atom stereocenters. The average Bonchev–Trinajstić information content (AvgIpc) is 3.46. The molecule has 1 aromatic carbocycles. The molecule has 3 aromatic heterocycles. The molecule has 0 unspecified atom stereocenters. The second kappa shape index (κ2) is 7.67. The number of likely N-dealkylation sites (tertiary alicyclic amines) is 1. The molecule has 0 bridgehead atoms. The molecule has 4 aromatic rings. The van der Waals surface area contributed by atoms with Gasteiger partial charge in [0.1, 0.15) is 0 Å². The molecule has 31 heavy (non-hydrogen) atoms. The molecular weight excluding hydrogens is 390 g/mol. The minimum atomic E-state index is 0.312. The van der Waals surface area contributed by atoms with E-state index in [4.69, 9.17) is 19.6 Å². The first-order valence-corrected chi connectivity index (χ1v) is 10.7. The van der Waals surface area contributed by atoms with Crippen molar-refractivity contribution >= 4 is 5.65 Å². The fourth-order valence-electron chi connectivity index (χ4n) is 4.48. The van der Waals surface area contributed by atoms with Crippen LogP contribution in [0.25, 0.3) is 16.8 Å². The lowest BCUT2D eigenvalue weighted by Gasteiger charge is -2.31. The van der Waals surface area contributed by atoms with E-state index in [1.807, 2.05) is 35.1 Å². The van der Waals surface area contributed by atoms with E-state index < -0.39 is 0 Å². The lowest BCUT2D eigenvalue weighted by atomic mass is 9.97. The molecule has 6 rings (SSSR count). The Labute approximate surface area is 180 Å². The summed E-state index contributed by atoms with van der Waals surface area (Å²) in [5.41, 5.74) is 4.30. The zero-order valence-corrected chi connectivity index (χ0v) is 17.1. The van der Waals surface area contributed by atoms with Gasteiger partial charge in [-0.05, 0) is 55.3 Å². The minimum Gasteiger partial charge on any atom is -0.454 e. The highest BCUT2D eigenvalue weighted by Crippen LogP contribution is 2.33. The molecule has 0 amide bonds. The summed E-state index contributed by atoms with van der Waals surface area (Å²) in [5.74, 6) is 2.94. The van der Waals surface area contributed by atoms with Crippen LogP contribution in [0.15, 0.2) is 61.1 Å². The molecule has 0 spiro atoms. The van der Waals surface area contributed by atoms with E-state index in [-0.39, 0.29) is 0 Å². The highest BCUT2D eigenvalue weighted by Gasteiger charge is 2.25. The number of hydrogen-bond acceptors (Lipinski definition) is 6. The van der Waals surface area contributed by atoms with Crippen molar-refractivity contribution in [3.8, 4) is 22.6 Å². The van der Waals surface area contributed by atoms with Gasteiger partial charge in [-0.15, -0.1) is 0 Å². The Kier molecular flexibility index (Phi) is 4.53. The van der Waals surface area contributed by atoms with Gasteiger partial charge in [0.15, 0.2) is 23.0 Å². The summed E-state index contributed by atoms with van der Waals surface area (Å²) in [4.78, 5) is 11.5. The van der Waals surface area contributed by atoms with Crippen LogP contribution < -0.4 is 9.47 Å². The van der Waals surface area contributed by atoms with Crippen molar-refractivity contribution in [3.05, 3.63) is 72.4 Å². The molecule has 5 heterocycles. The van der Waals surface area contributed by atoms with E-state index in [0.29, 0.717) is 12.7 Å². The van der Waals surface area contributed by atoms with Crippen LogP contribution in [0.3, 0.4) is 0 Å². The molecule has 1 saturated heterocycles. The number of hydrogen-bond donors (Lipinski definition) is 0. The molecule has 0 aliphatic carbocycles. The van der Waals surface area contributed by atoms with E-state index in [9.17, 15) is 0 Å². The lowest BCUT2D eigenvalue weighted by Crippen LogP contribution is -2.34. The molecule has 156 valence electrons. The Bertz CT molecular complexity index is 1220. The standard InChI is InChI=1S/C24H23N5O2/c1-3-18(12-25-9-1)19-6-8-23-26-24(27-29(23)15-19)20-4-2-10-28(14-20)13-17-5-7-21-22(11-17)31-16-30-21/h1,3,5-9,11-12,15,20H,2,4,10,13-14,16H2/t20-/m0/s1. The second-order valence-corrected chi connectivity index (χ2v) is 8.19. The van der Waals surface area contributed by atoms with Crippen molar-refractivity contribution in [2.45, 2.75) is 25.3 Å². The van der Waals surface area contributed by atoms with Gasteiger partial charge in [0, 0.05) is 48.7 Å². The van der Waals surface area contributed by atoms with Crippen molar-refractivity contribution in [1.29, 1.82) is 0 Å². The van der Waals surface area contributed by atoms with Crippen molar-refractivity contribution in [2.24, 2.45) is 0 Å². The molecular formula is C24H23N5O2. The van der Waals surface area contributed by atoms with Crippen molar-refractivity contribution in [2.75, 3.05) is 19.9 Å². The number of aromatic nitrogens is 4. The number of rotatable bonds is 4. The third-order valence-electron chi connectivity index (χ3n) is 6.06. The Morgan fingerprint density at radius 2 is 2.00 bits per heavy atom. The van der Waals surface area contributed by atoms with E-state index in [1.165, 1.54) is 5.56 Å². The molecule has 2 aliphatic rings. The van der Waals surface area contributed by atoms with Gasteiger partial charge in [0.2, 0.25) is 6.79 Å². The highest BCUT2D eigenvalue weighted by molar-refractivity contribution is 5.63. The van der Waals surface area contributed by atoms with Crippen LogP contribution in [-0.2, 0) is 6.54 Å². The number of fused-ring (bicyclic) bond motifs is 2. The molecule has 1 fully saturated rings. The smallest absolute Gasteiger partial charge is 0.231 e. The van der Waals surface area contributed by atoms with Gasteiger partial charge >= 0.3 is 0 Å². The SMILES string of the molecule is c1cncc(-c2ccc3nc([C@H]4CCCN(Cc5ccc6c(c5)OCO6)C4)nn3c2)c1. The maximum atomic E-state index is 5.53.